The standard InChI is InChI=1S/C58H94O26/c1-23-11-16-58(52(73)84-51-45(83-49-41(70)37(66)33(62)24(2)78-49)39(68)36(65)29(80-51)22-77-47-40(69)34(63)26(60)20-75-47)18-17-55(6)25(46(58)57(23,8)74)9-10-31-54(5)14-13-32(53(3,4)30(54)12-15-56(31,55)7)81-48-43(72)44(27(61)21-76-48)82-50-42(71)38(67)35(64)28(19-59)79-50/h9,23-24,26-51,59-72,74H,10-22H2,1-8H3/t23-,24-,26+,27-,28+,29+,30-,31+,32-,33-,34-,35+,36+,37+,38-,39-,40+,41+,42+,43+,44-,45+,46+,47-,48-,49-,50-,51-,54-,55+,56+,57+,58-/m0/s1. The molecule has 0 aromatic carbocycles. The van der Waals surface area contributed by atoms with Crippen LogP contribution < -0.4 is 0 Å². The molecular weight excluding hydrogens is 1110 g/mol. The first-order valence-corrected chi connectivity index (χ1v) is 30.2. The smallest absolute Gasteiger partial charge is 0.315 e. The molecule has 15 N–H and O–H groups in total. The number of hydrogen-bond donors (Lipinski definition) is 15. The summed E-state index contributed by atoms with van der Waals surface area (Å²) in [6.07, 6.45) is -30.1. The van der Waals surface area contributed by atoms with Gasteiger partial charge in [0.1, 0.15) is 97.7 Å². The van der Waals surface area contributed by atoms with Crippen LogP contribution in [0, 0.1) is 50.7 Å². The molecule has 0 spiro atoms. The minimum absolute atomic E-state index is 0.0912. The van der Waals surface area contributed by atoms with Crippen molar-refractivity contribution in [1.82, 2.24) is 0 Å². The van der Waals surface area contributed by atoms with Crippen LogP contribution in [0.5, 0.6) is 0 Å². The van der Waals surface area contributed by atoms with E-state index in [1.807, 2.05) is 6.92 Å². The fraction of sp³-hybridized carbons (Fsp3) is 0.948. The Balaban J connectivity index is 0.895. The molecule has 0 bridgehead atoms. The lowest BCUT2D eigenvalue weighted by Crippen LogP contribution is -2.68. The maximum Gasteiger partial charge on any atom is 0.315 e. The van der Waals surface area contributed by atoms with Crippen molar-refractivity contribution < 1.29 is 129 Å². The summed E-state index contributed by atoms with van der Waals surface area (Å²) in [6, 6.07) is 0. The second-order valence-electron chi connectivity index (χ2n) is 27.9. The summed E-state index contributed by atoms with van der Waals surface area (Å²) in [5, 5.41) is 163. The third-order valence-corrected chi connectivity index (χ3v) is 23.1. The molecule has 5 aliphatic carbocycles. The average Bonchev–Trinajstić information content (AvgIpc) is 0.695. The van der Waals surface area contributed by atoms with Crippen LogP contribution in [-0.4, -0.2) is 262 Å². The van der Waals surface area contributed by atoms with E-state index in [4.69, 9.17) is 47.4 Å². The van der Waals surface area contributed by atoms with E-state index < -0.39 is 201 Å². The van der Waals surface area contributed by atoms with Crippen molar-refractivity contribution in [2.24, 2.45) is 50.7 Å². The summed E-state index contributed by atoms with van der Waals surface area (Å²) in [7, 11) is 0. The van der Waals surface area contributed by atoms with Gasteiger partial charge in [0.25, 0.3) is 0 Å². The lowest BCUT2D eigenvalue weighted by Gasteiger charge is -2.72. The largest absolute Gasteiger partial charge is 0.432 e. The molecule has 0 aromatic heterocycles. The minimum atomic E-state index is -1.95. The lowest BCUT2D eigenvalue weighted by molar-refractivity contribution is -0.365. The van der Waals surface area contributed by atoms with Crippen molar-refractivity contribution in [3.63, 3.8) is 0 Å². The number of aliphatic hydroxyl groups excluding tert-OH is 14. The van der Waals surface area contributed by atoms with Crippen molar-refractivity contribution in [1.29, 1.82) is 0 Å². The normalized spacial score (nSPS) is 55.8. The number of aliphatic hydroxyl groups is 15. The van der Waals surface area contributed by atoms with Gasteiger partial charge in [0, 0.05) is 5.92 Å². The van der Waals surface area contributed by atoms with Crippen LogP contribution in [0.25, 0.3) is 0 Å². The first-order chi connectivity index (χ1) is 39.3. The van der Waals surface area contributed by atoms with Crippen molar-refractivity contribution in [2.75, 3.05) is 26.4 Å². The molecule has 5 aliphatic heterocycles. The molecule has 4 saturated carbocycles. The Morgan fingerprint density at radius 1 is 0.571 bits per heavy atom. The van der Waals surface area contributed by atoms with Crippen LogP contribution in [0.15, 0.2) is 11.6 Å². The van der Waals surface area contributed by atoms with Crippen LogP contribution in [0.2, 0.25) is 0 Å². The topological polar surface area (TPSA) is 413 Å². The zero-order chi connectivity index (χ0) is 61.3. The molecule has 5 heterocycles. The van der Waals surface area contributed by atoms with Crippen molar-refractivity contribution in [2.45, 2.75) is 266 Å². The van der Waals surface area contributed by atoms with E-state index in [0.717, 1.165) is 24.8 Å². The van der Waals surface area contributed by atoms with E-state index in [1.165, 1.54) is 6.92 Å². The Morgan fingerprint density at radius 3 is 1.87 bits per heavy atom. The molecular formula is C58H94O26. The minimum Gasteiger partial charge on any atom is -0.432 e. The van der Waals surface area contributed by atoms with Gasteiger partial charge in [-0.3, -0.25) is 4.79 Å². The molecule has 482 valence electrons. The fourth-order valence-corrected chi connectivity index (χ4v) is 17.5. The number of carbonyl (C=O) groups is 1. The van der Waals surface area contributed by atoms with Gasteiger partial charge in [0.05, 0.1) is 49.7 Å². The molecule has 9 fully saturated rings. The number of hydrogen-bond acceptors (Lipinski definition) is 26. The van der Waals surface area contributed by atoms with E-state index >= 15 is 4.79 Å². The van der Waals surface area contributed by atoms with Crippen molar-refractivity contribution in [3.05, 3.63) is 11.6 Å². The van der Waals surface area contributed by atoms with Gasteiger partial charge in [-0.1, -0.05) is 53.2 Å². The first kappa shape index (κ1) is 65.2. The first-order valence-electron chi connectivity index (χ1n) is 30.2. The molecule has 84 heavy (non-hydrogen) atoms. The van der Waals surface area contributed by atoms with Crippen molar-refractivity contribution >= 4 is 5.97 Å². The van der Waals surface area contributed by atoms with Gasteiger partial charge >= 0.3 is 5.97 Å². The molecule has 0 aromatic rings. The Morgan fingerprint density at radius 2 is 1.18 bits per heavy atom. The highest BCUT2D eigenvalue weighted by atomic mass is 16.8. The van der Waals surface area contributed by atoms with E-state index in [1.54, 1.807) is 6.92 Å². The van der Waals surface area contributed by atoms with Gasteiger partial charge in [-0.2, -0.15) is 0 Å². The highest BCUT2D eigenvalue weighted by Gasteiger charge is 2.72. The highest BCUT2D eigenvalue weighted by Crippen LogP contribution is 2.76. The summed E-state index contributed by atoms with van der Waals surface area (Å²) in [5.74, 6) is -1.65. The van der Waals surface area contributed by atoms with Crippen molar-refractivity contribution in [3.8, 4) is 0 Å². The van der Waals surface area contributed by atoms with Crippen LogP contribution in [0.4, 0.5) is 0 Å². The van der Waals surface area contributed by atoms with Crippen LogP contribution in [0.3, 0.4) is 0 Å². The maximum atomic E-state index is 15.7. The number of ether oxygens (including phenoxy) is 10. The third-order valence-electron chi connectivity index (χ3n) is 23.1. The average molecular weight is 1210 g/mol. The number of carbonyl (C=O) groups excluding carboxylic acids is 1. The summed E-state index contributed by atoms with van der Waals surface area (Å²) in [4.78, 5) is 15.7. The SMILES string of the molecule is C[C@@H]1O[C@@H](O[C@H]2[C@H](OC(=O)[C@]34CC[C@H](C)[C@@](C)(O)[C@H]3C3=CC[C@@H]5[C@@]6(C)CC[C@H](O[C@@H]7OC[C@H](O)[C@H](O[C@@H]8O[C@H](CO)[C@@H](O)[C@H](O)[C@H]8O)[C@H]7O)C(C)(C)[C@@H]6CC[C@@]5(C)[C@]3(C)CC4)O[C@H](CO[C@@H]3OC[C@@H](O)[C@H](O)[C@H]3O)[C@@H](O)[C@@H]2O)[C@H](O)[C@H](O)[C@H]1O. The van der Waals surface area contributed by atoms with Gasteiger partial charge in [0.15, 0.2) is 31.3 Å². The zero-order valence-corrected chi connectivity index (χ0v) is 49.1. The molecule has 0 amide bonds. The van der Waals surface area contributed by atoms with Crippen LogP contribution in [0.1, 0.15) is 113 Å². The van der Waals surface area contributed by atoms with Gasteiger partial charge in [0.2, 0.25) is 6.29 Å². The summed E-state index contributed by atoms with van der Waals surface area (Å²) >= 11 is 0. The quantitative estimate of drug-likeness (QED) is 0.0528. The molecule has 0 radical (unpaired) electrons. The number of allylic oxidation sites excluding steroid dienone is 1. The highest BCUT2D eigenvalue weighted by molar-refractivity contribution is 5.79. The zero-order valence-electron chi connectivity index (χ0n) is 49.1. The lowest BCUT2D eigenvalue weighted by atomic mass is 9.33. The summed E-state index contributed by atoms with van der Waals surface area (Å²) in [5.41, 5.74) is -3.60. The van der Waals surface area contributed by atoms with E-state index in [2.05, 4.69) is 40.7 Å². The number of esters is 1. The fourth-order valence-electron chi connectivity index (χ4n) is 17.5. The summed E-state index contributed by atoms with van der Waals surface area (Å²) < 4.78 is 59.6. The van der Waals surface area contributed by atoms with E-state index in [-0.39, 0.29) is 41.6 Å². The molecule has 10 aliphatic rings. The van der Waals surface area contributed by atoms with Gasteiger partial charge in [-0.05, 0) is 111 Å². The van der Waals surface area contributed by atoms with E-state index in [9.17, 15) is 76.6 Å². The second kappa shape index (κ2) is 23.8. The Hall–Kier alpha value is -1.75. The second-order valence-corrected chi connectivity index (χ2v) is 27.9. The van der Waals surface area contributed by atoms with Crippen LogP contribution in [-0.2, 0) is 52.2 Å². The Bertz CT molecular complexity index is 2350. The monoisotopic (exact) mass is 1210 g/mol. The van der Waals surface area contributed by atoms with E-state index in [0.29, 0.717) is 32.1 Å². The molecule has 26 heteroatoms. The molecule has 5 saturated heterocycles. The number of rotatable bonds is 12. The predicted molar refractivity (Wildman–Crippen MR) is 283 cm³/mol. The molecule has 33 atom stereocenters. The maximum absolute atomic E-state index is 15.7. The Kier molecular flexibility index (Phi) is 18.5. The van der Waals surface area contributed by atoms with Gasteiger partial charge < -0.3 is 124 Å². The molecule has 0 unspecified atom stereocenters. The number of fused-ring (bicyclic) bond motifs is 7. The predicted octanol–water partition coefficient (Wildman–Crippen LogP) is -2.93. The van der Waals surface area contributed by atoms with Gasteiger partial charge in [-0.15, -0.1) is 0 Å². The Labute approximate surface area is 488 Å². The van der Waals surface area contributed by atoms with Gasteiger partial charge in [-0.25, -0.2) is 0 Å². The molecule has 26 nitrogen and oxygen atoms in total. The third kappa shape index (κ3) is 10.6. The summed E-state index contributed by atoms with van der Waals surface area (Å²) in [6.45, 7) is 14.4. The van der Waals surface area contributed by atoms with Crippen LogP contribution >= 0.6 is 0 Å². The molecule has 10 rings (SSSR count).